The molecule has 0 radical (unpaired) electrons. The van der Waals surface area contributed by atoms with E-state index in [-0.39, 0.29) is 0 Å². The third kappa shape index (κ3) is 8.89. The molecule has 4 N–H and O–H groups in total. The Morgan fingerprint density at radius 3 is 1.62 bits per heavy atom. The van der Waals surface area contributed by atoms with E-state index >= 15 is 0 Å². The number of rotatable bonds is 5. The van der Waals surface area contributed by atoms with Crippen LogP contribution in [0.15, 0.2) is 67.0 Å². The van der Waals surface area contributed by atoms with Gasteiger partial charge < -0.3 is 15.9 Å². The zero-order valence-corrected chi connectivity index (χ0v) is 17.5. The number of pyridine rings is 1. The van der Waals surface area contributed by atoms with Crippen LogP contribution in [0.1, 0.15) is 36.6 Å². The molecule has 0 aliphatic heterocycles. The van der Waals surface area contributed by atoms with Gasteiger partial charge in [0.25, 0.3) is 11.4 Å². The van der Waals surface area contributed by atoms with Crippen molar-refractivity contribution in [2.75, 3.05) is 0 Å². The Bertz CT molecular complexity index is 1130. The van der Waals surface area contributed by atoms with Crippen molar-refractivity contribution in [2.45, 2.75) is 6.92 Å². The van der Waals surface area contributed by atoms with Crippen LogP contribution in [0.5, 0.6) is 0 Å². The quantitative estimate of drug-likeness (QED) is 0.365. The van der Waals surface area contributed by atoms with Gasteiger partial charge in [-0.3, -0.25) is 30.0 Å². The van der Waals surface area contributed by atoms with Crippen LogP contribution in [-0.4, -0.2) is 42.9 Å². The number of nitrogens with two attached hydrogens (primary N) is 1. The number of carboxylic acids is 2. The van der Waals surface area contributed by atoms with Gasteiger partial charge in [-0.2, -0.15) is 0 Å². The topological polar surface area (TPSA) is 217 Å². The number of primary amides is 1. The van der Waals surface area contributed by atoms with Gasteiger partial charge >= 0.3 is 11.9 Å². The summed E-state index contributed by atoms with van der Waals surface area (Å²) in [5, 5.41) is 37.7. The number of aromatic nitrogens is 1. The summed E-state index contributed by atoms with van der Waals surface area (Å²) in [5.41, 5.74) is 5.02. The first-order valence-electron chi connectivity index (χ1n) is 9.09. The number of carbonyl (C=O) groups is 3. The van der Waals surface area contributed by atoms with E-state index in [1.54, 1.807) is 30.3 Å². The number of aromatic carboxylic acids is 2. The van der Waals surface area contributed by atoms with Gasteiger partial charge in [-0.15, -0.1) is 0 Å². The number of nitrogens with zero attached hydrogens (tertiary/aromatic N) is 3. The summed E-state index contributed by atoms with van der Waals surface area (Å²) >= 11 is 0. The van der Waals surface area contributed by atoms with Gasteiger partial charge in [0.05, 0.1) is 27.0 Å². The molecular formula is C21H18N4O9. The fourth-order valence-electron chi connectivity index (χ4n) is 2.22. The van der Waals surface area contributed by atoms with Gasteiger partial charge in [-0.05, 0) is 31.2 Å². The number of hydrogen-bond acceptors (Lipinski definition) is 8. The number of carbonyl (C=O) groups excluding carboxylic acids is 1. The lowest BCUT2D eigenvalue weighted by atomic mass is 10.1. The Kier molecular flexibility index (Phi) is 9.95. The fraction of sp³-hybridized carbons (Fsp3) is 0.0476. The van der Waals surface area contributed by atoms with Crippen LogP contribution in [0.25, 0.3) is 0 Å². The SMILES string of the molecule is Cc1cccc(C(=O)O)c1.NC(=O)c1ccncc1.O=C(O)c1cc([N+](=O)[O-])cc([N+](=O)[O-])c1. The van der Waals surface area contributed by atoms with E-state index in [0.29, 0.717) is 17.2 Å². The van der Waals surface area contributed by atoms with Crippen molar-refractivity contribution in [2.24, 2.45) is 5.73 Å². The molecule has 0 saturated heterocycles. The lowest BCUT2D eigenvalue weighted by Gasteiger charge is -1.96. The highest BCUT2D eigenvalue weighted by Gasteiger charge is 2.19. The van der Waals surface area contributed by atoms with E-state index in [1.807, 2.05) is 13.0 Å². The maximum Gasteiger partial charge on any atom is 0.336 e. The third-order valence-electron chi connectivity index (χ3n) is 3.80. The predicted molar refractivity (Wildman–Crippen MR) is 118 cm³/mol. The predicted octanol–water partition coefficient (Wildman–Crippen LogP) is 3.07. The second-order valence-electron chi connectivity index (χ2n) is 6.33. The summed E-state index contributed by atoms with van der Waals surface area (Å²) < 4.78 is 0. The first kappa shape index (κ1) is 26.8. The molecule has 0 unspecified atom stereocenters. The normalized spacial score (nSPS) is 9.32. The van der Waals surface area contributed by atoms with Gasteiger partial charge in [0.15, 0.2) is 0 Å². The molecule has 176 valence electrons. The highest BCUT2D eigenvalue weighted by molar-refractivity contribution is 5.92. The van der Waals surface area contributed by atoms with Crippen molar-refractivity contribution < 1.29 is 34.4 Å². The van der Waals surface area contributed by atoms with E-state index in [1.165, 1.54) is 12.4 Å². The van der Waals surface area contributed by atoms with Crippen LogP contribution < -0.4 is 5.73 Å². The van der Waals surface area contributed by atoms with Crippen molar-refractivity contribution in [3.05, 3.63) is 109 Å². The molecule has 0 aliphatic carbocycles. The van der Waals surface area contributed by atoms with E-state index < -0.39 is 44.6 Å². The molecule has 0 atom stereocenters. The molecule has 0 fully saturated rings. The zero-order valence-electron chi connectivity index (χ0n) is 17.5. The Balaban J connectivity index is 0.000000266. The maximum absolute atomic E-state index is 10.5. The first-order valence-corrected chi connectivity index (χ1v) is 9.09. The number of hydrogen-bond donors (Lipinski definition) is 3. The van der Waals surface area contributed by atoms with Crippen LogP contribution >= 0.6 is 0 Å². The van der Waals surface area contributed by atoms with Crippen molar-refractivity contribution in [1.29, 1.82) is 0 Å². The summed E-state index contributed by atoms with van der Waals surface area (Å²) in [6.07, 6.45) is 3.06. The molecule has 1 amide bonds. The Morgan fingerprint density at radius 1 is 0.794 bits per heavy atom. The third-order valence-corrected chi connectivity index (χ3v) is 3.80. The van der Waals surface area contributed by atoms with Crippen LogP contribution in [0.2, 0.25) is 0 Å². The van der Waals surface area contributed by atoms with Gasteiger partial charge in [-0.25, -0.2) is 9.59 Å². The van der Waals surface area contributed by atoms with Crippen molar-refractivity contribution in [3.8, 4) is 0 Å². The maximum atomic E-state index is 10.5. The van der Waals surface area contributed by atoms with Crippen LogP contribution in [-0.2, 0) is 0 Å². The zero-order chi connectivity index (χ0) is 25.8. The van der Waals surface area contributed by atoms with E-state index in [9.17, 15) is 34.6 Å². The number of amides is 1. The molecule has 0 bridgehead atoms. The number of nitro groups is 2. The van der Waals surface area contributed by atoms with Crippen molar-refractivity contribution in [3.63, 3.8) is 0 Å². The molecule has 13 heteroatoms. The van der Waals surface area contributed by atoms with Crippen LogP contribution in [0.3, 0.4) is 0 Å². The molecule has 1 aromatic heterocycles. The molecule has 1 heterocycles. The standard InChI is InChI=1S/C8H8O2.C7H4N2O6.C6H6N2O/c1-6-3-2-4-7(5-6)8(9)10;10-7(11)4-1-5(8(12)13)3-6(2-4)9(14)15;7-6(9)5-1-3-8-4-2-5/h2-5H,1H3,(H,9,10);1-3H,(H,10,11);1-4H,(H2,7,9). The van der Waals surface area contributed by atoms with Gasteiger partial charge in [0.1, 0.15) is 0 Å². The number of benzene rings is 2. The monoisotopic (exact) mass is 470 g/mol. The molecule has 0 saturated carbocycles. The van der Waals surface area contributed by atoms with Gasteiger partial charge in [-0.1, -0.05) is 17.7 Å². The van der Waals surface area contributed by atoms with Gasteiger partial charge in [0.2, 0.25) is 5.91 Å². The van der Waals surface area contributed by atoms with Crippen molar-refractivity contribution in [1.82, 2.24) is 4.98 Å². The van der Waals surface area contributed by atoms with E-state index in [2.05, 4.69) is 4.98 Å². The highest BCUT2D eigenvalue weighted by Crippen LogP contribution is 2.22. The number of carboxylic acid groups (broad SMARTS) is 2. The highest BCUT2D eigenvalue weighted by atomic mass is 16.6. The summed E-state index contributed by atoms with van der Waals surface area (Å²) in [7, 11) is 0. The van der Waals surface area contributed by atoms with Crippen molar-refractivity contribution >= 4 is 29.2 Å². The molecule has 3 aromatic rings. The summed E-state index contributed by atoms with van der Waals surface area (Å²) in [6.45, 7) is 1.87. The van der Waals surface area contributed by atoms with Gasteiger partial charge in [0, 0.05) is 30.1 Å². The minimum atomic E-state index is -1.46. The molecule has 0 spiro atoms. The summed E-state index contributed by atoms with van der Waals surface area (Å²) in [5.74, 6) is -2.75. The van der Waals surface area contributed by atoms with E-state index in [4.69, 9.17) is 15.9 Å². The molecule has 13 nitrogen and oxygen atoms in total. The second-order valence-corrected chi connectivity index (χ2v) is 6.33. The first-order chi connectivity index (χ1) is 15.9. The lowest BCUT2D eigenvalue weighted by Crippen LogP contribution is -2.10. The smallest absolute Gasteiger partial charge is 0.336 e. The number of aryl methyl sites for hydroxylation is 1. The number of non-ortho nitro benzene ring substituents is 2. The second kappa shape index (κ2) is 12.6. The average Bonchev–Trinajstić information content (AvgIpc) is 2.80. The molecule has 3 rings (SSSR count). The minimum Gasteiger partial charge on any atom is -0.478 e. The fourth-order valence-corrected chi connectivity index (χ4v) is 2.22. The molecule has 34 heavy (non-hydrogen) atoms. The number of nitro benzene ring substituents is 2. The lowest BCUT2D eigenvalue weighted by molar-refractivity contribution is -0.394. The Morgan fingerprint density at radius 2 is 1.29 bits per heavy atom. The van der Waals surface area contributed by atoms with E-state index in [0.717, 1.165) is 17.7 Å². The molecular weight excluding hydrogens is 452 g/mol. The average molecular weight is 470 g/mol. The van der Waals surface area contributed by atoms with Crippen LogP contribution in [0.4, 0.5) is 11.4 Å². The Hall–Kier alpha value is -5.20. The Labute approximate surface area is 191 Å². The van der Waals surface area contributed by atoms with Crippen LogP contribution in [0, 0.1) is 27.2 Å². The molecule has 0 aliphatic rings. The summed E-state index contributed by atoms with van der Waals surface area (Å²) in [6, 6.07) is 12.2. The largest absolute Gasteiger partial charge is 0.478 e. The molecule has 2 aromatic carbocycles. The minimum absolute atomic E-state index is 0.347. The summed E-state index contributed by atoms with van der Waals surface area (Å²) in [4.78, 5) is 53.9.